The molecule has 1 aromatic carbocycles. The average Bonchev–Trinajstić information content (AvgIpc) is 2.01. The van der Waals surface area contributed by atoms with E-state index in [9.17, 15) is 8.42 Å². The fraction of sp³-hybridized carbons (Fsp3) is 0.143. The van der Waals surface area contributed by atoms with Gasteiger partial charge in [-0.2, -0.15) is 0 Å². The Balaban J connectivity index is 3.08. The van der Waals surface area contributed by atoms with Gasteiger partial charge in [-0.3, -0.25) is 4.72 Å². The summed E-state index contributed by atoms with van der Waals surface area (Å²) < 4.78 is 24.0. The number of para-hydroxylation sites is 1. The van der Waals surface area contributed by atoms with E-state index in [0.29, 0.717) is 0 Å². The maximum absolute atomic E-state index is 10.9. The van der Waals surface area contributed by atoms with Gasteiger partial charge >= 0.3 is 7.12 Å². The third kappa shape index (κ3) is 3.02. The van der Waals surface area contributed by atoms with Gasteiger partial charge in [-0.25, -0.2) is 8.42 Å². The van der Waals surface area contributed by atoms with Crippen molar-refractivity contribution >= 4 is 28.3 Å². The number of benzene rings is 1. The SMILES string of the molecule is CS(=O)(=O)Nc1ccccc1B(O)O. The van der Waals surface area contributed by atoms with Crippen molar-refractivity contribution in [2.24, 2.45) is 0 Å². The molecular formula is C7H10BNO4S. The zero-order valence-electron chi connectivity index (χ0n) is 7.51. The molecule has 0 aliphatic rings. The lowest BCUT2D eigenvalue weighted by Crippen LogP contribution is -2.33. The van der Waals surface area contributed by atoms with Crippen LogP contribution >= 0.6 is 0 Å². The van der Waals surface area contributed by atoms with Gasteiger partial charge in [-0.1, -0.05) is 18.2 Å². The van der Waals surface area contributed by atoms with Gasteiger partial charge in [0.25, 0.3) is 0 Å². The Hall–Kier alpha value is -1.05. The fourth-order valence-corrected chi connectivity index (χ4v) is 1.60. The molecule has 0 radical (unpaired) electrons. The van der Waals surface area contributed by atoms with Crippen molar-refractivity contribution in [1.82, 2.24) is 0 Å². The van der Waals surface area contributed by atoms with Crippen LogP contribution in [0.3, 0.4) is 0 Å². The molecule has 0 atom stereocenters. The highest BCUT2D eigenvalue weighted by Gasteiger charge is 2.16. The molecule has 0 aromatic heterocycles. The van der Waals surface area contributed by atoms with Crippen molar-refractivity contribution < 1.29 is 18.5 Å². The van der Waals surface area contributed by atoms with Gasteiger partial charge < -0.3 is 10.0 Å². The molecule has 5 nitrogen and oxygen atoms in total. The van der Waals surface area contributed by atoms with E-state index < -0.39 is 17.1 Å². The molecular weight excluding hydrogens is 205 g/mol. The summed E-state index contributed by atoms with van der Waals surface area (Å²) >= 11 is 0. The second kappa shape index (κ2) is 3.99. The third-order valence-electron chi connectivity index (χ3n) is 1.53. The summed E-state index contributed by atoms with van der Waals surface area (Å²) in [5.41, 5.74) is 0.294. The standard InChI is InChI=1S/C7H10BNO4S/c1-14(12,13)9-7-5-3-2-4-6(7)8(10)11/h2-5,9-11H,1H3. The maximum Gasteiger partial charge on any atom is 0.490 e. The summed E-state index contributed by atoms with van der Waals surface area (Å²) in [4.78, 5) is 0. The third-order valence-corrected chi connectivity index (χ3v) is 2.13. The Morgan fingerprint density at radius 2 is 1.86 bits per heavy atom. The molecule has 0 saturated heterocycles. The van der Waals surface area contributed by atoms with Gasteiger partial charge in [-0.05, 0) is 6.07 Å². The first-order chi connectivity index (χ1) is 6.40. The van der Waals surface area contributed by atoms with Gasteiger partial charge in [0.2, 0.25) is 10.0 Å². The van der Waals surface area contributed by atoms with Crippen LogP contribution in [0.25, 0.3) is 0 Å². The Labute approximate surface area is 82.6 Å². The number of anilines is 1. The summed E-state index contributed by atoms with van der Waals surface area (Å²) in [6, 6.07) is 6.07. The van der Waals surface area contributed by atoms with Gasteiger partial charge in [0, 0.05) is 11.2 Å². The molecule has 1 rings (SSSR count). The Morgan fingerprint density at radius 3 is 2.36 bits per heavy atom. The van der Waals surface area contributed by atoms with E-state index in [4.69, 9.17) is 10.0 Å². The molecule has 0 aliphatic heterocycles. The van der Waals surface area contributed by atoms with Crippen molar-refractivity contribution in [3.05, 3.63) is 24.3 Å². The van der Waals surface area contributed by atoms with Crippen LogP contribution < -0.4 is 10.2 Å². The van der Waals surface area contributed by atoms with Crippen LogP contribution in [0.2, 0.25) is 0 Å². The fourth-order valence-electron chi connectivity index (χ4n) is 1.01. The lowest BCUT2D eigenvalue weighted by molar-refractivity contribution is 0.426. The second-order valence-corrected chi connectivity index (χ2v) is 4.58. The van der Waals surface area contributed by atoms with Crippen LogP contribution in [0.4, 0.5) is 5.69 Å². The molecule has 0 aliphatic carbocycles. The molecule has 7 heteroatoms. The smallest absolute Gasteiger partial charge is 0.423 e. The Kier molecular flexibility index (Phi) is 3.15. The van der Waals surface area contributed by atoms with Gasteiger partial charge in [0.15, 0.2) is 0 Å². The predicted octanol–water partition coefficient (Wildman–Crippen LogP) is -1.26. The minimum Gasteiger partial charge on any atom is -0.423 e. The van der Waals surface area contributed by atoms with Gasteiger partial charge in [0.1, 0.15) is 0 Å². The van der Waals surface area contributed by atoms with Crippen molar-refractivity contribution in [3.8, 4) is 0 Å². The zero-order valence-corrected chi connectivity index (χ0v) is 8.32. The molecule has 3 N–H and O–H groups in total. The Morgan fingerprint density at radius 1 is 1.29 bits per heavy atom. The van der Waals surface area contributed by atoms with Gasteiger partial charge in [0.05, 0.1) is 6.26 Å². The van der Waals surface area contributed by atoms with E-state index in [1.165, 1.54) is 12.1 Å². The van der Waals surface area contributed by atoms with E-state index >= 15 is 0 Å². The number of hydrogen-bond acceptors (Lipinski definition) is 4. The van der Waals surface area contributed by atoms with Crippen molar-refractivity contribution in [2.45, 2.75) is 0 Å². The van der Waals surface area contributed by atoms with Crippen molar-refractivity contribution in [1.29, 1.82) is 0 Å². The quantitative estimate of drug-likeness (QED) is 0.549. The highest BCUT2D eigenvalue weighted by atomic mass is 32.2. The van der Waals surface area contributed by atoms with Crippen LogP contribution in [0.5, 0.6) is 0 Å². The zero-order chi connectivity index (χ0) is 10.8. The number of nitrogens with one attached hydrogen (secondary N) is 1. The van der Waals surface area contributed by atoms with Crippen LogP contribution in [0, 0.1) is 0 Å². The number of hydrogen-bond donors (Lipinski definition) is 3. The average molecular weight is 215 g/mol. The topological polar surface area (TPSA) is 86.6 Å². The van der Waals surface area contributed by atoms with Crippen LogP contribution in [0.1, 0.15) is 0 Å². The molecule has 0 saturated carbocycles. The molecule has 76 valence electrons. The normalized spacial score (nSPS) is 11.1. The van der Waals surface area contributed by atoms with Gasteiger partial charge in [-0.15, -0.1) is 0 Å². The van der Waals surface area contributed by atoms with Crippen molar-refractivity contribution in [2.75, 3.05) is 11.0 Å². The minimum atomic E-state index is -3.41. The number of rotatable bonds is 3. The predicted molar refractivity (Wildman–Crippen MR) is 54.7 cm³/mol. The van der Waals surface area contributed by atoms with E-state index in [1.807, 2.05) is 0 Å². The largest absolute Gasteiger partial charge is 0.490 e. The summed E-state index contributed by atoms with van der Waals surface area (Å²) in [5, 5.41) is 17.8. The first kappa shape index (κ1) is 11.0. The summed E-state index contributed by atoms with van der Waals surface area (Å²) in [6.07, 6.45) is 0.994. The summed E-state index contributed by atoms with van der Waals surface area (Å²) in [6.45, 7) is 0. The van der Waals surface area contributed by atoms with Crippen LogP contribution in [-0.4, -0.2) is 31.8 Å². The molecule has 0 bridgehead atoms. The summed E-state index contributed by atoms with van der Waals surface area (Å²) in [5.74, 6) is 0. The first-order valence-corrected chi connectivity index (χ1v) is 5.72. The Bertz CT molecular complexity index is 417. The van der Waals surface area contributed by atoms with Crippen molar-refractivity contribution in [3.63, 3.8) is 0 Å². The highest BCUT2D eigenvalue weighted by Crippen LogP contribution is 2.05. The van der Waals surface area contributed by atoms with Crippen LogP contribution in [0.15, 0.2) is 24.3 Å². The lowest BCUT2D eigenvalue weighted by Gasteiger charge is -2.08. The van der Waals surface area contributed by atoms with Crippen LogP contribution in [-0.2, 0) is 10.0 Å². The monoisotopic (exact) mass is 215 g/mol. The number of sulfonamides is 1. The lowest BCUT2D eigenvalue weighted by atomic mass is 9.79. The highest BCUT2D eigenvalue weighted by molar-refractivity contribution is 7.92. The van der Waals surface area contributed by atoms with E-state index in [-0.39, 0.29) is 11.2 Å². The van der Waals surface area contributed by atoms with E-state index in [2.05, 4.69) is 4.72 Å². The molecule has 0 amide bonds. The second-order valence-electron chi connectivity index (χ2n) is 2.84. The molecule has 0 heterocycles. The molecule has 14 heavy (non-hydrogen) atoms. The van der Waals surface area contributed by atoms with E-state index in [0.717, 1.165) is 6.26 Å². The van der Waals surface area contributed by atoms with E-state index in [1.54, 1.807) is 12.1 Å². The first-order valence-electron chi connectivity index (χ1n) is 3.83. The molecule has 1 aromatic rings. The maximum atomic E-state index is 10.9. The molecule has 0 unspecified atom stereocenters. The molecule has 0 spiro atoms. The molecule has 0 fully saturated rings. The summed E-state index contributed by atoms with van der Waals surface area (Å²) in [7, 11) is -5.10. The minimum absolute atomic E-state index is 0.123.